The van der Waals surface area contributed by atoms with E-state index >= 15 is 0 Å². The van der Waals surface area contributed by atoms with E-state index in [1.807, 2.05) is 0 Å². The standard InChI is InChI=1S/C23H22N2/c1-15-8-4-7-11-21(15)25-16(2)24(3)23-20-14-17-9-5-6-10-18(17)19(20)12-13-22(23)25/h4-13,16H,14H2,1-3H3/t16-/m0/s1. The number of anilines is 3. The van der Waals surface area contributed by atoms with Crippen LogP contribution in [-0.2, 0) is 6.42 Å². The van der Waals surface area contributed by atoms with E-state index in [1.165, 1.54) is 44.9 Å². The highest BCUT2D eigenvalue weighted by Gasteiger charge is 2.36. The van der Waals surface area contributed by atoms with Crippen LogP contribution in [0.25, 0.3) is 11.1 Å². The molecule has 1 heterocycles. The number of hydrogen-bond acceptors (Lipinski definition) is 2. The van der Waals surface area contributed by atoms with Gasteiger partial charge in [-0.2, -0.15) is 0 Å². The van der Waals surface area contributed by atoms with E-state index in [0.717, 1.165) is 6.42 Å². The zero-order valence-corrected chi connectivity index (χ0v) is 15.0. The fourth-order valence-electron chi connectivity index (χ4n) is 4.50. The third-order valence-corrected chi connectivity index (χ3v) is 5.86. The fraction of sp³-hybridized carbons (Fsp3) is 0.217. The lowest BCUT2D eigenvalue weighted by Crippen LogP contribution is -2.36. The molecule has 2 heteroatoms. The topological polar surface area (TPSA) is 6.48 Å². The van der Waals surface area contributed by atoms with Gasteiger partial charge in [0.05, 0.1) is 11.4 Å². The van der Waals surface area contributed by atoms with Gasteiger partial charge >= 0.3 is 0 Å². The van der Waals surface area contributed by atoms with Crippen LogP contribution in [0.3, 0.4) is 0 Å². The van der Waals surface area contributed by atoms with Crippen molar-refractivity contribution in [2.75, 3.05) is 16.8 Å². The van der Waals surface area contributed by atoms with Crippen molar-refractivity contribution in [3.8, 4) is 11.1 Å². The molecule has 0 spiro atoms. The predicted molar refractivity (Wildman–Crippen MR) is 106 cm³/mol. The maximum absolute atomic E-state index is 2.48. The monoisotopic (exact) mass is 326 g/mol. The molecule has 1 aliphatic carbocycles. The highest BCUT2D eigenvalue weighted by Crippen LogP contribution is 2.51. The Morgan fingerprint density at radius 1 is 0.840 bits per heavy atom. The molecule has 1 aliphatic heterocycles. The number of rotatable bonds is 1. The second-order valence-electron chi connectivity index (χ2n) is 7.19. The Hall–Kier alpha value is -2.74. The largest absolute Gasteiger partial charge is 0.352 e. The number of fused-ring (bicyclic) bond motifs is 5. The van der Waals surface area contributed by atoms with Crippen LogP contribution >= 0.6 is 0 Å². The van der Waals surface area contributed by atoms with Gasteiger partial charge in [0.15, 0.2) is 0 Å². The van der Waals surface area contributed by atoms with Crippen LogP contribution < -0.4 is 9.80 Å². The summed E-state index contributed by atoms with van der Waals surface area (Å²) in [6.07, 6.45) is 1.35. The van der Waals surface area contributed by atoms with Gasteiger partial charge in [0.2, 0.25) is 0 Å². The van der Waals surface area contributed by atoms with Crippen LogP contribution in [0.4, 0.5) is 17.1 Å². The first-order valence-electron chi connectivity index (χ1n) is 8.98. The highest BCUT2D eigenvalue weighted by molar-refractivity contribution is 5.93. The van der Waals surface area contributed by atoms with E-state index in [4.69, 9.17) is 0 Å². The van der Waals surface area contributed by atoms with Crippen molar-refractivity contribution >= 4 is 17.1 Å². The van der Waals surface area contributed by atoms with Crippen molar-refractivity contribution in [2.24, 2.45) is 0 Å². The number of para-hydroxylation sites is 1. The Morgan fingerprint density at radius 2 is 1.60 bits per heavy atom. The summed E-state index contributed by atoms with van der Waals surface area (Å²) in [4.78, 5) is 4.92. The van der Waals surface area contributed by atoms with E-state index in [2.05, 4.69) is 91.4 Å². The van der Waals surface area contributed by atoms with Gasteiger partial charge < -0.3 is 9.80 Å². The van der Waals surface area contributed by atoms with Gasteiger partial charge in [-0.15, -0.1) is 0 Å². The second-order valence-corrected chi connectivity index (χ2v) is 7.19. The normalized spacial score (nSPS) is 17.5. The minimum atomic E-state index is 0.311. The Balaban J connectivity index is 1.72. The van der Waals surface area contributed by atoms with Gasteiger partial charge in [0.1, 0.15) is 6.17 Å². The van der Waals surface area contributed by atoms with Crippen molar-refractivity contribution in [3.63, 3.8) is 0 Å². The van der Waals surface area contributed by atoms with E-state index < -0.39 is 0 Å². The lowest BCUT2D eigenvalue weighted by atomic mass is 10.0. The number of nitrogens with zero attached hydrogens (tertiary/aromatic N) is 2. The summed E-state index contributed by atoms with van der Waals surface area (Å²) >= 11 is 0. The Labute approximate surface area is 149 Å². The van der Waals surface area contributed by atoms with Gasteiger partial charge in [-0.1, -0.05) is 48.5 Å². The highest BCUT2D eigenvalue weighted by atomic mass is 15.4. The van der Waals surface area contributed by atoms with Crippen LogP contribution in [0.15, 0.2) is 60.7 Å². The molecule has 0 radical (unpaired) electrons. The summed E-state index contributed by atoms with van der Waals surface area (Å²) in [7, 11) is 2.23. The van der Waals surface area contributed by atoms with Crippen molar-refractivity contribution in [3.05, 3.63) is 77.4 Å². The quantitative estimate of drug-likeness (QED) is 0.456. The zero-order valence-electron chi connectivity index (χ0n) is 15.0. The Bertz CT molecular complexity index is 989. The Kier molecular flexibility index (Phi) is 2.99. The molecule has 0 aromatic heterocycles. The van der Waals surface area contributed by atoms with E-state index in [1.54, 1.807) is 0 Å². The minimum absolute atomic E-state index is 0.311. The minimum Gasteiger partial charge on any atom is -0.352 e. The average molecular weight is 326 g/mol. The van der Waals surface area contributed by atoms with E-state index in [0.29, 0.717) is 6.17 Å². The molecule has 0 saturated carbocycles. The van der Waals surface area contributed by atoms with Crippen LogP contribution in [-0.4, -0.2) is 13.2 Å². The molecule has 124 valence electrons. The number of hydrogen-bond donors (Lipinski definition) is 0. The smallest absolute Gasteiger partial charge is 0.103 e. The van der Waals surface area contributed by atoms with Gasteiger partial charge in [0.25, 0.3) is 0 Å². The molecule has 1 atom stereocenters. The van der Waals surface area contributed by atoms with Crippen molar-refractivity contribution < 1.29 is 0 Å². The average Bonchev–Trinajstić information content (AvgIpc) is 3.12. The van der Waals surface area contributed by atoms with Gasteiger partial charge in [-0.05, 0) is 53.8 Å². The first kappa shape index (κ1) is 14.6. The molecule has 0 N–H and O–H groups in total. The van der Waals surface area contributed by atoms with Gasteiger partial charge in [-0.25, -0.2) is 0 Å². The van der Waals surface area contributed by atoms with Crippen LogP contribution in [0.1, 0.15) is 23.6 Å². The molecular formula is C23H22N2. The first-order chi connectivity index (χ1) is 12.2. The summed E-state index contributed by atoms with van der Waals surface area (Å²) < 4.78 is 0. The summed E-state index contributed by atoms with van der Waals surface area (Å²) in [6.45, 7) is 4.49. The number of benzene rings is 3. The summed E-state index contributed by atoms with van der Waals surface area (Å²) in [5, 5.41) is 0. The second kappa shape index (κ2) is 5.13. The summed E-state index contributed by atoms with van der Waals surface area (Å²) in [5.74, 6) is 0. The van der Waals surface area contributed by atoms with Crippen LogP contribution in [0.2, 0.25) is 0 Å². The van der Waals surface area contributed by atoms with Crippen LogP contribution in [0.5, 0.6) is 0 Å². The summed E-state index contributed by atoms with van der Waals surface area (Å²) in [5.41, 5.74) is 11.1. The first-order valence-corrected chi connectivity index (χ1v) is 8.98. The molecule has 3 aromatic carbocycles. The molecule has 0 amide bonds. The molecule has 0 unspecified atom stereocenters. The molecule has 0 bridgehead atoms. The lowest BCUT2D eigenvalue weighted by Gasteiger charge is -2.29. The molecule has 2 aliphatic rings. The molecule has 3 aromatic rings. The molecule has 25 heavy (non-hydrogen) atoms. The predicted octanol–water partition coefficient (Wildman–Crippen LogP) is 5.50. The van der Waals surface area contributed by atoms with Crippen molar-refractivity contribution in [1.29, 1.82) is 0 Å². The fourth-order valence-corrected chi connectivity index (χ4v) is 4.50. The van der Waals surface area contributed by atoms with Gasteiger partial charge in [0, 0.05) is 19.2 Å². The maximum Gasteiger partial charge on any atom is 0.103 e. The van der Waals surface area contributed by atoms with Crippen molar-refractivity contribution in [2.45, 2.75) is 26.4 Å². The number of aryl methyl sites for hydroxylation is 1. The van der Waals surface area contributed by atoms with E-state index in [9.17, 15) is 0 Å². The third-order valence-electron chi connectivity index (χ3n) is 5.86. The maximum atomic E-state index is 2.48. The van der Waals surface area contributed by atoms with Crippen LogP contribution in [0, 0.1) is 6.92 Å². The van der Waals surface area contributed by atoms with Crippen molar-refractivity contribution in [1.82, 2.24) is 0 Å². The third kappa shape index (κ3) is 1.91. The Morgan fingerprint density at radius 3 is 2.44 bits per heavy atom. The van der Waals surface area contributed by atoms with E-state index in [-0.39, 0.29) is 0 Å². The lowest BCUT2D eigenvalue weighted by molar-refractivity contribution is 0.731. The molecule has 0 fully saturated rings. The zero-order chi connectivity index (χ0) is 17.1. The molecule has 0 saturated heterocycles. The molecule has 5 rings (SSSR count). The SMILES string of the molecule is Cc1ccccc1N1c2ccc3c(c2N(C)[C@@H]1C)Cc1ccccc1-3. The van der Waals surface area contributed by atoms with Gasteiger partial charge in [-0.3, -0.25) is 0 Å². The molecular weight excluding hydrogens is 304 g/mol. The summed E-state index contributed by atoms with van der Waals surface area (Å²) in [6, 6.07) is 22.1. The molecule has 2 nitrogen and oxygen atoms in total.